The van der Waals surface area contributed by atoms with E-state index in [0.29, 0.717) is 68.6 Å². The molecule has 0 spiro atoms. The summed E-state index contributed by atoms with van der Waals surface area (Å²) in [6, 6.07) is 13.9. The van der Waals surface area contributed by atoms with Crippen molar-refractivity contribution in [3.8, 4) is 5.75 Å². The number of rotatable bonds is 14. The van der Waals surface area contributed by atoms with Crippen molar-refractivity contribution < 1.29 is 23.7 Å². The highest BCUT2D eigenvalue weighted by molar-refractivity contribution is 9.10. The van der Waals surface area contributed by atoms with Gasteiger partial charge in [-0.3, -0.25) is 39.5 Å². The SMILES string of the molecule is CCc1cc(Nc2ncc(Br)c(Nc3ccc4nccnc4c3P(C)(C)=O)n2)c(OC)cc1N1CCC(N2CCN(CCN(C)c3ccc4c(c3)C(=O)N(C3CCC(=O)NC3=O)C4)CC2)CC1. The Kier molecular flexibility index (Phi) is 13.5. The molecule has 2 aromatic heterocycles. The standard InChI is InChI=1S/C48H58BrN12O5P/c1-6-30-25-38(54-48-52-28-35(49)45(56-48)53-37-10-9-36-43(51-16-15-50-36)44(37)67(4,5)65)41(66-3)27-40(30)60-17-13-32(14-18-60)59-23-21-58(22-24-59)20-19-57(2)33-8-7-31-29-61(47(64)34(31)26-33)39-11-12-42(62)55-46(39)63/h7-10,15-16,25-28,32,39H,6,11-14,17-24,29H2,1-5H3,(H,55,62,63)(H2,52,53,54,56). The second-order valence-electron chi connectivity index (χ2n) is 18.2. The summed E-state index contributed by atoms with van der Waals surface area (Å²) in [4.78, 5) is 67.4. The predicted octanol–water partition coefficient (Wildman–Crippen LogP) is 5.97. The van der Waals surface area contributed by atoms with Gasteiger partial charge < -0.3 is 34.6 Å². The molecule has 3 fully saturated rings. The summed E-state index contributed by atoms with van der Waals surface area (Å²) in [6.45, 7) is 13.8. The summed E-state index contributed by atoms with van der Waals surface area (Å²) in [7, 11) is 0.972. The Balaban J connectivity index is 0.778. The third-order valence-electron chi connectivity index (χ3n) is 13.6. The zero-order chi connectivity index (χ0) is 47.0. The molecule has 3 aromatic carbocycles. The number of nitrogens with zero attached hydrogens (tertiary/aromatic N) is 9. The summed E-state index contributed by atoms with van der Waals surface area (Å²) in [5.41, 5.74) is 7.61. The van der Waals surface area contributed by atoms with E-state index in [0.717, 1.165) is 88.6 Å². The van der Waals surface area contributed by atoms with Crippen LogP contribution in [0.3, 0.4) is 0 Å². The first-order valence-electron chi connectivity index (χ1n) is 23.0. The number of ether oxygens (including phenoxy) is 1. The number of aryl methyl sites for hydroxylation is 1. The van der Waals surface area contributed by atoms with Gasteiger partial charge in [-0.2, -0.15) is 4.98 Å². The molecule has 9 rings (SSSR count). The molecule has 0 saturated carbocycles. The van der Waals surface area contributed by atoms with Crippen LogP contribution in [0.5, 0.6) is 5.75 Å². The van der Waals surface area contributed by atoms with Crippen LogP contribution in [0.25, 0.3) is 11.0 Å². The minimum atomic E-state index is -2.78. The molecule has 17 nitrogen and oxygen atoms in total. The molecule has 4 aliphatic rings. The van der Waals surface area contributed by atoms with Gasteiger partial charge >= 0.3 is 0 Å². The summed E-state index contributed by atoms with van der Waals surface area (Å²) in [5, 5.41) is 9.79. The molecule has 3 N–H and O–H groups in total. The van der Waals surface area contributed by atoms with E-state index >= 15 is 0 Å². The van der Waals surface area contributed by atoms with Crippen LogP contribution in [0, 0.1) is 0 Å². The molecule has 6 heterocycles. The largest absolute Gasteiger partial charge is 0.494 e. The van der Waals surface area contributed by atoms with E-state index in [1.54, 1.807) is 43.9 Å². The average molecular weight is 994 g/mol. The summed E-state index contributed by atoms with van der Waals surface area (Å²) in [5.74, 6) is 0.769. The molecule has 0 aliphatic carbocycles. The Bertz CT molecular complexity index is 2760. The molecule has 4 aliphatic heterocycles. The summed E-state index contributed by atoms with van der Waals surface area (Å²) in [6.07, 6.45) is 8.55. The van der Waals surface area contributed by atoms with Crippen molar-refractivity contribution >= 4 is 91.6 Å². The fourth-order valence-electron chi connectivity index (χ4n) is 9.91. The molecular weight excluding hydrogens is 935 g/mol. The molecule has 1 atom stereocenters. The van der Waals surface area contributed by atoms with E-state index in [9.17, 15) is 18.9 Å². The van der Waals surface area contributed by atoms with E-state index in [-0.39, 0.29) is 24.1 Å². The first-order chi connectivity index (χ1) is 32.3. The van der Waals surface area contributed by atoms with Gasteiger partial charge in [0.1, 0.15) is 30.3 Å². The van der Waals surface area contributed by atoms with Crippen molar-refractivity contribution in [1.82, 2.24) is 40.0 Å². The van der Waals surface area contributed by atoms with Crippen LogP contribution in [-0.4, -0.2) is 144 Å². The molecule has 0 bridgehead atoms. The molecule has 0 radical (unpaired) electrons. The Hall–Kier alpha value is -5.68. The topological polar surface area (TPSA) is 181 Å². The Morgan fingerprint density at radius 2 is 1.70 bits per heavy atom. The number of hydrogen-bond donors (Lipinski definition) is 3. The van der Waals surface area contributed by atoms with E-state index in [2.05, 4.69) is 98.6 Å². The normalized spacial score (nSPS) is 18.6. The molecular formula is C48H58BrN12O5P. The monoisotopic (exact) mass is 992 g/mol. The molecule has 352 valence electrons. The highest BCUT2D eigenvalue weighted by Gasteiger charge is 2.39. The maximum atomic E-state index is 13.5. The van der Waals surface area contributed by atoms with Gasteiger partial charge in [0.15, 0.2) is 0 Å². The second-order valence-corrected chi connectivity index (χ2v) is 22.2. The Morgan fingerprint density at radius 1 is 0.925 bits per heavy atom. The van der Waals surface area contributed by atoms with Gasteiger partial charge in [0.2, 0.25) is 17.8 Å². The van der Waals surface area contributed by atoms with Gasteiger partial charge in [0.05, 0.1) is 33.8 Å². The number of likely N-dealkylation sites (N-methyl/N-ethyl adjacent to an activating group) is 1. The number of halogens is 1. The molecule has 3 saturated heterocycles. The highest BCUT2D eigenvalue weighted by atomic mass is 79.9. The van der Waals surface area contributed by atoms with Crippen molar-refractivity contribution in [3.05, 3.63) is 82.2 Å². The molecule has 19 heteroatoms. The quantitative estimate of drug-likeness (QED) is 0.0874. The van der Waals surface area contributed by atoms with Crippen LogP contribution >= 0.6 is 23.1 Å². The second kappa shape index (κ2) is 19.5. The van der Waals surface area contributed by atoms with Crippen LogP contribution in [0.2, 0.25) is 0 Å². The van der Waals surface area contributed by atoms with Crippen molar-refractivity contribution in [2.24, 2.45) is 0 Å². The minimum Gasteiger partial charge on any atom is -0.494 e. The number of carbonyl (C=O) groups is 3. The van der Waals surface area contributed by atoms with Crippen molar-refractivity contribution in [3.63, 3.8) is 0 Å². The number of carbonyl (C=O) groups excluding carboxylic acids is 3. The van der Waals surface area contributed by atoms with E-state index < -0.39 is 13.2 Å². The van der Waals surface area contributed by atoms with Crippen molar-refractivity contribution in [2.75, 3.05) is 100 Å². The number of hydrogen-bond acceptors (Lipinski definition) is 15. The lowest BCUT2D eigenvalue weighted by Gasteiger charge is -2.43. The zero-order valence-electron chi connectivity index (χ0n) is 38.7. The number of nitrogens with one attached hydrogen (secondary N) is 3. The van der Waals surface area contributed by atoms with Crippen LogP contribution < -0.4 is 35.8 Å². The fourth-order valence-corrected chi connectivity index (χ4v) is 11.6. The minimum absolute atomic E-state index is 0.146. The Labute approximate surface area is 399 Å². The number of fused-ring (bicyclic) bond motifs is 2. The number of benzene rings is 3. The first kappa shape index (κ1) is 46.4. The number of aromatic nitrogens is 4. The van der Waals surface area contributed by atoms with Crippen molar-refractivity contribution in [2.45, 2.75) is 57.7 Å². The predicted molar refractivity (Wildman–Crippen MR) is 266 cm³/mol. The van der Waals surface area contributed by atoms with E-state index in [4.69, 9.17) is 9.72 Å². The van der Waals surface area contributed by atoms with Gasteiger partial charge in [-0.25, -0.2) is 4.98 Å². The van der Waals surface area contributed by atoms with E-state index in [1.165, 1.54) is 11.3 Å². The number of methoxy groups -OCH3 is 1. The number of piperidine rings is 2. The van der Waals surface area contributed by atoms with Crippen LogP contribution in [0.4, 0.5) is 34.5 Å². The van der Waals surface area contributed by atoms with Crippen LogP contribution in [0.1, 0.15) is 54.1 Å². The maximum Gasteiger partial charge on any atom is 0.255 e. The first-order valence-corrected chi connectivity index (χ1v) is 26.4. The molecule has 5 aromatic rings. The summed E-state index contributed by atoms with van der Waals surface area (Å²) < 4.78 is 20.2. The van der Waals surface area contributed by atoms with Crippen LogP contribution in [0.15, 0.2) is 65.5 Å². The number of imide groups is 1. The van der Waals surface area contributed by atoms with Crippen molar-refractivity contribution in [1.29, 1.82) is 0 Å². The van der Waals surface area contributed by atoms with Gasteiger partial charge in [0, 0.05) is 120 Å². The van der Waals surface area contributed by atoms with Gasteiger partial charge in [-0.1, -0.05) is 13.0 Å². The fraction of sp³-hybridized carbons (Fsp3) is 0.438. The maximum absolute atomic E-state index is 13.5. The van der Waals surface area contributed by atoms with Gasteiger partial charge in [0.25, 0.3) is 5.91 Å². The smallest absolute Gasteiger partial charge is 0.255 e. The highest BCUT2D eigenvalue weighted by Crippen LogP contribution is 2.42. The number of piperazine rings is 1. The third-order valence-corrected chi connectivity index (χ3v) is 15.7. The zero-order valence-corrected chi connectivity index (χ0v) is 41.2. The molecule has 3 amide bonds. The van der Waals surface area contributed by atoms with Gasteiger partial charge in [-0.15, -0.1) is 0 Å². The molecule has 67 heavy (non-hydrogen) atoms. The lowest BCUT2D eigenvalue weighted by Crippen LogP contribution is -2.54. The number of anilines is 6. The average Bonchev–Trinajstić information content (AvgIpc) is 3.65. The summed E-state index contributed by atoms with van der Waals surface area (Å²) >= 11 is 3.60. The molecule has 1 unspecified atom stereocenters. The Morgan fingerprint density at radius 3 is 2.43 bits per heavy atom. The number of amides is 3. The lowest BCUT2D eigenvalue weighted by molar-refractivity contribution is -0.136. The lowest BCUT2D eigenvalue weighted by atomic mass is 9.99. The van der Waals surface area contributed by atoms with E-state index in [1.807, 2.05) is 24.3 Å². The van der Waals surface area contributed by atoms with Crippen LogP contribution in [-0.2, 0) is 27.1 Å². The third kappa shape index (κ3) is 9.85. The van der Waals surface area contributed by atoms with Gasteiger partial charge in [-0.05, 0) is 96.4 Å².